The molecule has 0 heterocycles. The minimum atomic E-state index is -0.727. The van der Waals surface area contributed by atoms with E-state index in [0.717, 1.165) is 0 Å². The van der Waals surface area contributed by atoms with Crippen molar-refractivity contribution in [3.05, 3.63) is 24.3 Å². The molecule has 0 aliphatic rings. The summed E-state index contributed by atoms with van der Waals surface area (Å²) in [5, 5.41) is 0. The standard InChI is InChI=1S/C6H8.3HI.Y/c1-3-5-6-4-2;;;;/h5-6H,1-2H3;3*1H;/q-2;;;;+3/p-3. The molecule has 0 saturated heterocycles. The Bertz CT molecular complexity index is 86.4. The zero-order valence-corrected chi connectivity index (χ0v) is 15.2. The first-order chi connectivity index (χ1) is 4.65. The number of rotatable bonds is 1. The Kier molecular flexibility index (Phi) is 21.8. The number of hydrogen-bond acceptors (Lipinski definition) is 0. The van der Waals surface area contributed by atoms with Crippen LogP contribution >= 0.6 is 49.0 Å². The van der Waals surface area contributed by atoms with Crippen molar-refractivity contribution in [1.82, 2.24) is 0 Å². The van der Waals surface area contributed by atoms with Crippen molar-refractivity contribution in [3.63, 3.8) is 0 Å². The van der Waals surface area contributed by atoms with Gasteiger partial charge in [-0.05, 0) is 0 Å². The monoisotopic (exact) mass is 550 g/mol. The maximum absolute atomic E-state index is 2.83. The molecule has 0 aromatic carbocycles. The van der Waals surface area contributed by atoms with Crippen LogP contribution in [0.2, 0.25) is 0 Å². The van der Waals surface area contributed by atoms with Crippen molar-refractivity contribution >= 4 is 49.0 Å². The van der Waals surface area contributed by atoms with Crippen molar-refractivity contribution in [1.29, 1.82) is 0 Å². The van der Waals surface area contributed by atoms with Crippen LogP contribution in [0.1, 0.15) is 13.8 Å². The van der Waals surface area contributed by atoms with Gasteiger partial charge in [0.05, 0.1) is 0 Å². The predicted octanol–water partition coefficient (Wildman–Crippen LogP) is 4.40. The van der Waals surface area contributed by atoms with E-state index in [1.165, 1.54) is 0 Å². The molecule has 0 nitrogen and oxygen atoms in total. The fraction of sp³-hybridized carbons (Fsp3) is 0.333. The molecule has 0 aromatic heterocycles. The van der Waals surface area contributed by atoms with Gasteiger partial charge in [-0.3, -0.25) is 0 Å². The summed E-state index contributed by atoms with van der Waals surface area (Å²) in [6.45, 7) is 3.71. The summed E-state index contributed by atoms with van der Waals surface area (Å²) < 4.78 is 0. The molecule has 10 heavy (non-hydrogen) atoms. The summed E-state index contributed by atoms with van der Waals surface area (Å²) in [4.78, 5) is 0. The molecule has 0 unspecified atom stereocenters. The Morgan fingerprint density at radius 2 is 1.20 bits per heavy atom. The van der Waals surface area contributed by atoms with Gasteiger partial charge in [0.2, 0.25) is 0 Å². The van der Waals surface area contributed by atoms with Crippen LogP contribution in [0.3, 0.4) is 0 Å². The molecular formula is C6H8I3Y-2. The molecule has 0 saturated carbocycles. The van der Waals surface area contributed by atoms with E-state index < -0.39 is 13.1 Å². The van der Waals surface area contributed by atoms with Crippen LogP contribution in [-0.2, 0) is 13.1 Å². The molecule has 0 spiro atoms. The molecule has 0 fully saturated rings. The summed E-state index contributed by atoms with van der Waals surface area (Å²) in [5.41, 5.74) is 0. The molecule has 4 heteroatoms. The van der Waals surface area contributed by atoms with Crippen LogP contribution in [0.5, 0.6) is 0 Å². The first-order valence-corrected chi connectivity index (χ1v) is 27.9. The molecule has 0 bridgehead atoms. The van der Waals surface area contributed by atoms with Crippen molar-refractivity contribution in [2.24, 2.45) is 0 Å². The van der Waals surface area contributed by atoms with Crippen molar-refractivity contribution in [2.45, 2.75) is 13.8 Å². The summed E-state index contributed by atoms with van der Waals surface area (Å²) >= 11 is 6.85. The van der Waals surface area contributed by atoms with E-state index >= 15 is 0 Å². The third-order valence-electron chi connectivity index (χ3n) is 0.417. The molecule has 0 N–H and O–H groups in total. The second-order valence-corrected chi connectivity index (χ2v) is 66.8. The summed E-state index contributed by atoms with van der Waals surface area (Å²) in [5.74, 6) is 0. The topological polar surface area (TPSA) is 0 Å². The number of halogens is 3. The van der Waals surface area contributed by atoms with Crippen LogP contribution in [0.25, 0.3) is 0 Å². The molecule has 58 valence electrons. The third kappa shape index (κ3) is 30.9. The van der Waals surface area contributed by atoms with E-state index in [0.29, 0.717) is 0 Å². The Balaban J connectivity index is 0. The Hall–Kier alpha value is 2.77. The van der Waals surface area contributed by atoms with Gasteiger partial charge in [-0.2, -0.15) is 0 Å². The molecule has 0 aliphatic heterocycles. The summed E-state index contributed by atoms with van der Waals surface area (Å²) in [6, 6.07) is 0. The average Bonchev–Trinajstić information content (AvgIpc) is 1.82. The van der Waals surface area contributed by atoms with Crippen LogP contribution in [0.15, 0.2) is 12.2 Å². The van der Waals surface area contributed by atoms with Crippen LogP contribution in [0.4, 0.5) is 0 Å². The molecule has 0 radical (unpaired) electrons. The molecule has 0 atom stereocenters. The minimum absolute atomic E-state index is 0.727. The van der Waals surface area contributed by atoms with E-state index in [4.69, 9.17) is 0 Å². The zero-order valence-electron chi connectivity index (χ0n) is 5.87. The van der Waals surface area contributed by atoms with E-state index in [-0.39, 0.29) is 0 Å². The SMILES string of the molecule is C[C-]=CC=[C-]C.[I][Y]([I])[I]. The molecule has 0 rings (SSSR count). The van der Waals surface area contributed by atoms with Crippen LogP contribution in [-0.4, -0.2) is 0 Å². The van der Waals surface area contributed by atoms with E-state index in [2.05, 4.69) is 61.2 Å². The van der Waals surface area contributed by atoms with Gasteiger partial charge in [-0.1, -0.05) is 0 Å². The normalized spacial score (nSPS) is 9.70. The number of allylic oxidation sites excluding steroid dienone is 4. The predicted molar refractivity (Wildman–Crippen MR) is 69.0 cm³/mol. The second kappa shape index (κ2) is 14.3. The van der Waals surface area contributed by atoms with Crippen molar-refractivity contribution < 1.29 is 13.1 Å². The summed E-state index contributed by atoms with van der Waals surface area (Å²) in [7, 11) is 0. The van der Waals surface area contributed by atoms with Gasteiger partial charge in [0.15, 0.2) is 0 Å². The van der Waals surface area contributed by atoms with Gasteiger partial charge in [0, 0.05) is 0 Å². The maximum atomic E-state index is 2.83. The van der Waals surface area contributed by atoms with Crippen LogP contribution < -0.4 is 0 Å². The zero-order chi connectivity index (χ0) is 8.41. The van der Waals surface area contributed by atoms with Gasteiger partial charge < -0.3 is 24.3 Å². The van der Waals surface area contributed by atoms with E-state index in [1.807, 2.05) is 26.0 Å². The fourth-order valence-corrected chi connectivity index (χ4v) is 0.167. The van der Waals surface area contributed by atoms with Gasteiger partial charge in [-0.15, -0.1) is 13.8 Å². The van der Waals surface area contributed by atoms with Gasteiger partial charge in [0.1, 0.15) is 0 Å². The fourth-order valence-electron chi connectivity index (χ4n) is 0.167. The number of hydrogen-bond donors (Lipinski definition) is 0. The molecule has 0 aliphatic carbocycles. The molecule has 0 aromatic rings. The first-order valence-electron chi connectivity index (χ1n) is 2.57. The Morgan fingerprint density at radius 3 is 1.30 bits per heavy atom. The Morgan fingerprint density at radius 1 is 1.00 bits per heavy atom. The quantitative estimate of drug-likeness (QED) is 0.259. The molecule has 0 amide bonds. The van der Waals surface area contributed by atoms with Gasteiger partial charge >= 0.3 is 62.1 Å². The molecular weight excluding hydrogens is 542 g/mol. The third-order valence-corrected chi connectivity index (χ3v) is 0.417. The first kappa shape index (κ1) is 15.3. The Labute approximate surface area is 97.5 Å². The van der Waals surface area contributed by atoms with Gasteiger partial charge in [-0.25, -0.2) is 0 Å². The summed E-state index contributed by atoms with van der Waals surface area (Å²) in [6.07, 6.45) is 9.29. The second-order valence-electron chi connectivity index (χ2n) is 1.16. The van der Waals surface area contributed by atoms with Crippen molar-refractivity contribution in [3.8, 4) is 0 Å². The van der Waals surface area contributed by atoms with Crippen LogP contribution in [0, 0.1) is 12.2 Å². The van der Waals surface area contributed by atoms with Gasteiger partial charge in [0.25, 0.3) is 0 Å². The van der Waals surface area contributed by atoms with Crippen molar-refractivity contribution in [2.75, 3.05) is 0 Å². The average molecular weight is 550 g/mol. The van der Waals surface area contributed by atoms with E-state index in [9.17, 15) is 0 Å². The van der Waals surface area contributed by atoms with E-state index in [1.54, 1.807) is 0 Å².